The van der Waals surface area contributed by atoms with Gasteiger partial charge in [-0.1, -0.05) is 29.8 Å². The Morgan fingerprint density at radius 1 is 1.00 bits per heavy atom. The molecule has 0 heterocycles. The van der Waals surface area contributed by atoms with Gasteiger partial charge in [0.05, 0.1) is 0 Å². The van der Waals surface area contributed by atoms with E-state index in [1.165, 1.54) is 6.07 Å². The van der Waals surface area contributed by atoms with Gasteiger partial charge in [-0.3, -0.25) is 0 Å². The lowest BCUT2D eigenvalue weighted by Crippen LogP contribution is -2.18. The Labute approximate surface area is 122 Å². The monoisotopic (exact) mass is 293 g/mol. The van der Waals surface area contributed by atoms with Crippen LogP contribution in [-0.2, 0) is 6.54 Å². The Kier molecular flexibility index (Phi) is 4.37. The maximum atomic E-state index is 9.73. The van der Waals surface area contributed by atoms with Gasteiger partial charge in [-0.15, -0.1) is 0 Å². The molecule has 0 saturated heterocycles. The summed E-state index contributed by atoms with van der Waals surface area (Å²) in [7, 11) is 0. The quantitative estimate of drug-likeness (QED) is 0.653. The standard InChI is InChI=1S/C15H16ClNO3/c1-9(10-2-5-12(16)6-3-10)17-8-11-4-7-13(18)15(20)14(11)19/h2-7,9,17-20H,8H2,1H3/t9-/m0/s1. The molecular weight excluding hydrogens is 278 g/mol. The molecule has 1 atom stereocenters. The van der Waals surface area contributed by atoms with E-state index in [4.69, 9.17) is 11.6 Å². The Morgan fingerprint density at radius 2 is 1.65 bits per heavy atom. The van der Waals surface area contributed by atoms with E-state index in [0.717, 1.165) is 5.56 Å². The first-order valence-electron chi connectivity index (χ1n) is 6.20. The Hall–Kier alpha value is -1.91. The molecule has 0 aromatic heterocycles. The summed E-state index contributed by atoms with van der Waals surface area (Å²) in [5.41, 5.74) is 1.58. The second-order valence-electron chi connectivity index (χ2n) is 4.60. The van der Waals surface area contributed by atoms with Gasteiger partial charge >= 0.3 is 0 Å². The normalized spacial score (nSPS) is 12.3. The van der Waals surface area contributed by atoms with Crippen molar-refractivity contribution in [2.75, 3.05) is 0 Å². The summed E-state index contributed by atoms with van der Waals surface area (Å²) < 4.78 is 0. The fourth-order valence-corrected chi connectivity index (χ4v) is 2.01. The summed E-state index contributed by atoms with van der Waals surface area (Å²) in [6.07, 6.45) is 0. The predicted molar refractivity (Wildman–Crippen MR) is 78.1 cm³/mol. The van der Waals surface area contributed by atoms with E-state index < -0.39 is 5.75 Å². The Bertz CT molecular complexity index is 599. The van der Waals surface area contributed by atoms with Gasteiger partial charge in [0, 0.05) is 23.2 Å². The highest BCUT2D eigenvalue weighted by Gasteiger charge is 2.12. The maximum absolute atomic E-state index is 9.73. The zero-order valence-electron chi connectivity index (χ0n) is 11.0. The number of nitrogens with one attached hydrogen (secondary N) is 1. The smallest absolute Gasteiger partial charge is 0.200 e. The highest BCUT2D eigenvalue weighted by atomic mass is 35.5. The van der Waals surface area contributed by atoms with Gasteiger partial charge in [0.2, 0.25) is 5.75 Å². The molecule has 0 spiro atoms. The van der Waals surface area contributed by atoms with Crippen LogP contribution in [0.4, 0.5) is 0 Å². The average molecular weight is 294 g/mol. The van der Waals surface area contributed by atoms with Crippen molar-refractivity contribution in [2.24, 2.45) is 0 Å². The second-order valence-corrected chi connectivity index (χ2v) is 5.03. The van der Waals surface area contributed by atoms with Crippen molar-refractivity contribution >= 4 is 11.6 Å². The summed E-state index contributed by atoms with van der Waals surface area (Å²) in [6.45, 7) is 2.35. The number of hydrogen-bond acceptors (Lipinski definition) is 4. The number of rotatable bonds is 4. The van der Waals surface area contributed by atoms with Gasteiger partial charge in [0.15, 0.2) is 11.5 Å². The fourth-order valence-electron chi connectivity index (χ4n) is 1.89. The van der Waals surface area contributed by atoms with Crippen LogP contribution in [0.3, 0.4) is 0 Å². The van der Waals surface area contributed by atoms with Crippen LogP contribution in [0.2, 0.25) is 5.02 Å². The largest absolute Gasteiger partial charge is 0.504 e. The van der Waals surface area contributed by atoms with Crippen LogP contribution in [0.5, 0.6) is 17.2 Å². The van der Waals surface area contributed by atoms with Gasteiger partial charge in [0.25, 0.3) is 0 Å². The summed E-state index contributed by atoms with van der Waals surface area (Å²) in [4.78, 5) is 0. The van der Waals surface area contributed by atoms with Crippen molar-refractivity contribution in [1.29, 1.82) is 0 Å². The van der Waals surface area contributed by atoms with Crippen molar-refractivity contribution in [3.63, 3.8) is 0 Å². The number of benzene rings is 2. The molecular formula is C15H16ClNO3. The molecule has 2 rings (SSSR count). The van der Waals surface area contributed by atoms with E-state index in [1.807, 2.05) is 31.2 Å². The van der Waals surface area contributed by atoms with E-state index >= 15 is 0 Å². The molecule has 0 unspecified atom stereocenters. The number of phenolic OH excluding ortho intramolecular Hbond substituents is 3. The zero-order valence-corrected chi connectivity index (χ0v) is 11.7. The molecule has 0 aliphatic carbocycles. The molecule has 2 aromatic rings. The van der Waals surface area contributed by atoms with E-state index in [2.05, 4.69) is 5.32 Å². The molecule has 0 fully saturated rings. The number of hydrogen-bond donors (Lipinski definition) is 4. The van der Waals surface area contributed by atoms with E-state index in [9.17, 15) is 15.3 Å². The molecule has 4 N–H and O–H groups in total. The molecule has 0 aliphatic rings. The number of halogens is 1. The van der Waals surface area contributed by atoms with Crippen LogP contribution in [0.15, 0.2) is 36.4 Å². The molecule has 106 valence electrons. The molecule has 0 radical (unpaired) electrons. The molecule has 4 nitrogen and oxygen atoms in total. The molecule has 0 bridgehead atoms. The minimum atomic E-state index is -0.497. The van der Waals surface area contributed by atoms with Gasteiger partial charge in [-0.2, -0.15) is 0 Å². The van der Waals surface area contributed by atoms with Gasteiger partial charge < -0.3 is 20.6 Å². The zero-order chi connectivity index (χ0) is 14.7. The summed E-state index contributed by atoms with van der Waals surface area (Å²) in [5, 5.41) is 32.4. The first-order valence-corrected chi connectivity index (χ1v) is 6.58. The SMILES string of the molecule is C[C@H](NCc1ccc(O)c(O)c1O)c1ccc(Cl)cc1. The third-order valence-electron chi connectivity index (χ3n) is 3.18. The number of phenols is 3. The van der Waals surface area contributed by atoms with Crippen LogP contribution in [0, 0.1) is 0 Å². The summed E-state index contributed by atoms with van der Waals surface area (Å²) in [5.74, 6) is -1.14. The van der Waals surface area contributed by atoms with Crippen LogP contribution < -0.4 is 5.32 Å². The molecule has 0 amide bonds. The van der Waals surface area contributed by atoms with Crippen molar-refractivity contribution in [2.45, 2.75) is 19.5 Å². The molecule has 0 aliphatic heterocycles. The van der Waals surface area contributed by atoms with Gasteiger partial charge in [-0.25, -0.2) is 0 Å². The lowest BCUT2D eigenvalue weighted by atomic mass is 10.1. The lowest BCUT2D eigenvalue weighted by Gasteiger charge is -2.15. The Balaban J connectivity index is 2.05. The van der Waals surface area contributed by atoms with Crippen LogP contribution in [0.1, 0.15) is 24.1 Å². The maximum Gasteiger partial charge on any atom is 0.200 e. The van der Waals surface area contributed by atoms with Crippen LogP contribution in [-0.4, -0.2) is 15.3 Å². The van der Waals surface area contributed by atoms with Crippen molar-refractivity contribution in [1.82, 2.24) is 5.32 Å². The third-order valence-corrected chi connectivity index (χ3v) is 3.43. The van der Waals surface area contributed by atoms with Crippen molar-refractivity contribution < 1.29 is 15.3 Å². The highest BCUT2D eigenvalue weighted by molar-refractivity contribution is 6.30. The summed E-state index contributed by atoms with van der Waals surface area (Å²) >= 11 is 5.84. The number of aromatic hydroxyl groups is 3. The van der Waals surface area contributed by atoms with Gasteiger partial charge in [0.1, 0.15) is 0 Å². The van der Waals surface area contributed by atoms with E-state index in [-0.39, 0.29) is 17.5 Å². The van der Waals surface area contributed by atoms with Crippen molar-refractivity contribution in [3.8, 4) is 17.2 Å². The molecule has 2 aromatic carbocycles. The third kappa shape index (κ3) is 3.15. The topological polar surface area (TPSA) is 72.7 Å². The molecule has 5 heteroatoms. The van der Waals surface area contributed by atoms with E-state index in [0.29, 0.717) is 17.1 Å². The molecule has 0 saturated carbocycles. The predicted octanol–water partition coefficient (Wildman–Crippen LogP) is 3.31. The minimum absolute atomic E-state index is 0.0580. The highest BCUT2D eigenvalue weighted by Crippen LogP contribution is 2.37. The van der Waals surface area contributed by atoms with Gasteiger partial charge in [-0.05, 0) is 30.7 Å². The van der Waals surface area contributed by atoms with Crippen molar-refractivity contribution in [3.05, 3.63) is 52.5 Å². The minimum Gasteiger partial charge on any atom is -0.504 e. The second kappa shape index (κ2) is 6.03. The fraction of sp³-hybridized carbons (Fsp3) is 0.200. The average Bonchev–Trinajstić information content (AvgIpc) is 2.44. The first-order chi connectivity index (χ1) is 9.49. The first kappa shape index (κ1) is 14.5. The Morgan fingerprint density at radius 3 is 2.30 bits per heavy atom. The lowest BCUT2D eigenvalue weighted by molar-refractivity contribution is 0.363. The van der Waals surface area contributed by atoms with E-state index in [1.54, 1.807) is 6.07 Å². The van der Waals surface area contributed by atoms with Crippen LogP contribution >= 0.6 is 11.6 Å². The summed E-state index contributed by atoms with van der Waals surface area (Å²) in [6, 6.07) is 10.5. The van der Waals surface area contributed by atoms with Crippen LogP contribution in [0.25, 0.3) is 0 Å². The molecule has 20 heavy (non-hydrogen) atoms.